The fraction of sp³-hybridized carbons (Fsp3) is 0.895. The van der Waals surface area contributed by atoms with E-state index in [4.69, 9.17) is 51.5 Å². The number of nitrogens with zero attached hydrogens (tertiary/aromatic N) is 2. The number of aliphatic carboxylic acids is 1. The summed E-state index contributed by atoms with van der Waals surface area (Å²) in [6.45, 7) is 9.44. The monoisotopic (exact) mass is 1400 g/mol. The predicted molar refractivity (Wildman–Crippen MR) is 265 cm³/mol. The van der Waals surface area contributed by atoms with Crippen molar-refractivity contribution in [3.63, 3.8) is 0 Å². The van der Waals surface area contributed by atoms with Crippen LogP contribution in [0.5, 0.6) is 0 Å². The van der Waals surface area contributed by atoms with Crippen molar-refractivity contribution in [1.29, 1.82) is 0 Å². The number of hydrogen-bond acceptors (Lipinski definition) is 17. The van der Waals surface area contributed by atoms with Crippen LogP contribution in [0.25, 0.3) is 0 Å². The van der Waals surface area contributed by atoms with Crippen LogP contribution < -0.4 is 81.9 Å². The van der Waals surface area contributed by atoms with Crippen LogP contribution >= 0.6 is 57.1 Å². The van der Waals surface area contributed by atoms with Crippen molar-refractivity contribution in [3.8, 4) is 0 Å². The number of rotatable bonds is 22. The minimum atomic E-state index is -5.19. The molecule has 3 unspecified atom stereocenters. The first-order valence-corrected chi connectivity index (χ1v) is 29.0. The summed E-state index contributed by atoms with van der Waals surface area (Å²) in [5.74, 6) is -6.08. The van der Waals surface area contributed by atoms with Crippen LogP contribution in [0, 0.1) is 0 Å². The van der Waals surface area contributed by atoms with Gasteiger partial charge in [0.05, 0.1) is 66.8 Å². The van der Waals surface area contributed by atoms with Gasteiger partial charge in [-0.05, 0) is 61.9 Å². The number of carbonyl (C=O) groups is 4. The number of carbonyl (C=O) groups excluding carboxylic acids is 4. The molecular formula is C38H70Cl6F12N3Na2O16S3-. The molecule has 19 nitrogen and oxygen atoms in total. The van der Waals surface area contributed by atoms with Gasteiger partial charge >= 0.3 is 95.6 Å². The molecule has 42 heteroatoms. The summed E-state index contributed by atoms with van der Waals surface area (Å²) in [7, 11) is -4.34. The molecule has 0 rings (SSSR count). The second kappa shape index (κ2) is 56.0. The largest absolute Gasteiger partial charge is 1.00 e. The van der Waals surface area contributed by atoms with Crippen LogP contribution in [0.2, 0.25) is 0 Å². The third kappa shape index (κ3) is 67.6. The number of aliphatic hydroxyl groups excluding tert-OH is 1. The van der Waals surface area contributed by atoms with Gasteiger partial charge in [0.1, 0.15) is 6.54 Å². The van der Waals surface area contributed by atoms with Crippen LogP contribution in [0.4, 0.5) is 52.7 Å². The van der Waals surface area contributed by atoms with Gasteiger partial charge in [-0.3, -0.25) is 14.4 Å². The van der Waals surface area contributed by atoms with E-state index < -0.39 is 126 Å². The van der Waals surface area contributed by atoms with Gasteiger partial charge in [0.25, 0.3) is 0 Å². The van der Waals surface area contributed by atoms with E-state index in [1.807, 2.05) is 13.8 Å². The van der Waals surface area contributed by atoms with E-state index in [9.17, 15) is 102 Å². The van der Waals surface area contributed by atoms with Gasteiger partial charge in [-0.2, -0.15) is 48.1 Å². The summed E-state index contributed by atoms with van der Waals surface area (Å²) < 4.78 is 229. The fourth-order valence-corrected chi connectivity index (χ4v) is 6.62. The zero-order chi connectivity index (χ0) is 62.8. The molecule has 0 saturated heterocycles. The first-order chi connectivity index (χ1) is 33.9. The van der Waals surface area contributed by atoms with Crippen molar-refractivity contribution in [2.75, 3.05) is 95.1 Å². The number of carboxylic acid groups (broad SMARTS) is 1. The molecule has 0 fully saturated rings. The Morgan fingerprint density at radius 2 is 0.812 bits per heavy atom. The molecule has 0 amide bonds. The van der Waals surface area contributed by atoms with Crippen LogP contribution in [0.1, 0.15) is 87.5 Å². The van der Waals surface area contributed by atoms with E-state index in [-0.39, 0.29) is 134 Å². The van der Waals surface area contributed by atoms with E-state index in [2.05, 4.69) is 30.2 Å². The number of likely N-dealkylation sites (N-methyl/N-ethyl adjacent to an activating group) is 3. The standard InChI is InChI=1S/C10H17F4NO4S.C8H13F4NO4S.C6H12O2.C5H7ClF4O2S.C5H11NO2.C2H6O.2CH2Cl2.ClH.2Na.H2O/c1-4-19-8(16)7-15(3)20(17,18)6-5-9(2,11)10(12,13)14;1-7(9,8(10,11)12)3-4-18(16,17)13(2)5-6(14)15;1-3-5-6(7)8-4-2;1-4(7,5(8,9)10)2-3-13(6,11)12;1-3-8-5(7)4-6-2;1-2-3;2*2-1-3;;;;/h4-7H2,1-3H3;3-5H2,1-2H3,(H,14,15);3-5H2,1-2H3;2-3H2,1H3;6H,3-4H2,1-2H3;3H,2H2,1H3;2*1H2;1H;;;1H2/q;;;;;;;;;2*+1;/p-3. The van der Waals surface area contributed by atoms with Crippen molar-refractivity contribution < 1.29 is 199 Å². The molecule has 0 aliphatic heterocycles. The molecule has 3 N–H and O–H groups in total. The SMILES string of the molecule is CC(F)(CCS(=O)(=O)Cl)C(F)(F)F.CCCC(=O)OCC.CCO.CCOC(=O)CN(C)S(=O)(=O)CCC(C)(F)C(F)(F)F.CCOC(=O)CNC.CN(CC(=O)[O-])S(=O)(=O)CCC(C)(F)C(F)(F)F.ClCCl.ClCCl.[Cl-].[Na+].[Na+].[OH-]. The van der Waals surface area contributed by atoms with Crippen LogP contribution in [0.15, 0.2) is 0 Å². The summed E-state index contributed by atoms with van der Waals surface area (Å²) >= 11 is 19.1. The summed E-state index contributed by atoms with van der Waals surface area (Å²) in [5.41, 5.74) is -10.8. The molecule has 0 radical (unpaired) electrons. The molecule has 0 aromatic heterocycles. The molecule has 0 heterocycles. The minimum Gasteiger partial charge on any atom is -1.00 e. The maximum Gasteiger partial charge on any atom is 1.00 e. The Balaban J connectivity index is -0.0000000709. The molecule has 0 saturated carbocycles. The third-order valence-electron chi connectivity index (χ3n) is 7.59. The summed E-state index contributed by atoms with van der Waals surface area (Å²) in [6, 6.07) is 0. The van der Waals surface area contributed by atoms with Gasteiger partial charge < -0.3 is 52.4 Å². The van der Waals surface area contributed by atoms with Crippen molar-refractivity contribution in [2.45, 2.75) is 123 Å². The zero-order valence-electron chi connectivity index (χ0n) is 46.1. The number of nitrogens with one attached hydrogen (secondary N) is 1. The maximum absolute atomic E-state index is 13.3. The Kier molecular flexibility index (Phi) is 75.8. The molecule has 0 spiro atoms. The molecule has 0 aliphatic carbocycles. The second-order valence-corrected chi connectivity index (χ2v) is 23.2. The minimum absolute atomic E-state index is 0. The molecule has 0 aromatic carbocycles. The molecule has 0 aliphatic rings. The number of alkyl halides is 16. The van der Waals surface area contributed by atoms with Crippen LogP contribution in [0.3, 0.4) is 0 Å². The van der Waals surface area contributed by atoms with Crippen LogP contribution in [-0.2, 0) is 62.5 Å². The summed E-state index contributed by atoms with van der Waals surface area (Å²) in [6.07, 6.45) is -17.7. The van der Waals surface area contributed by atoms with E-state index >= 15 is 0 Å². The Morgan fingerprint density at radius 3 is 1.04 bits per heavy atom. The van der Waals surface area contributed by atoms with Crippen molar-refractivity contribution in [1.82, 2.24) is 13.9 Å². The Bertz CT molecular complexity index is 1860. The summed E-state index contributed by atoms with van der Waals surface area (Å²) in [4.78, 5) is 42.0. The second-order valence-electron chi connectivity index (χ2n) is 14.3. The molecule has 0 aromatic rings. The number of sulfonamides is 2. The Labute approximate surface area is 536 Å². The average molecular weight is 1410 g/mol. The fourth-order valence-electron chi connectivity index (χ4n) is 3.25. The van der Waals surface area contributed by atoms with E-state index in [0.717, 1.165) is 20.5 Å². The van der Waals surface area contributed by atoms with Gasteiger partial charge in [-0.1, -0.05) is 6.92 Å². The predicted octanol–water partition coefficient (Wildman–Crippen LogP) is -1.80. The maximum atomic E-state index is 13.3. The molecule has 80 heavy (non-hydrogen) atoms. The Hall–Kier alpha value is 0.430. The Morgan fingerprint density at radius 1 is 0.562 bits per heavy atom. The molecular weight excluding hydrogens is 1340 g/mol. The van der Waals surface area contributed by atoms with Gasteiger partial charge in [0.15, 0.2) is 0 Å². The first-order valence-electron chi connectivity index (χ1n) is 21.2. The van der Waals surface area contributed by atoms with E-state index in [1.54, 1.807) is 20.9 Å². The number of aliphatic hydroxyl groups is 1. The molecule has 480 valence electrons. The topological polar surface area (TPSA) is 290 Å². The number of esters is 3. The van der Waals surface area contributed by atoms with E-state index in [0.29, 0.717) is 34.8 Å². The van der Waals surface area contributed by atoms with Crippen molar-refractivity contribution in [2.24, 2.45) is 0 Å². The number of halogens is 18. The first kappa shape index (κ1) is 108. The van der Waals surface area contributed by atoms with Gasteiger partial charge in [0.2, 0.25) is 46.1 Å². The van der Waals surface area contributed by atoms with Gasteiger partial charge in [-0.15, -0.1) is 46.4 Å². The number of hydrogen-bond donors (Lipinski definition) is 2. The van der Waals surface area contributed by atoms with Gasteiger partial charge in [0, 0.05) is 57.1 Å². The third-order valence-corrected chi connectivity index (χ3v) is 12.3. The normalized spacial score (nSPS) is 13.1. The number of ether oxygens (including phenoxy) is 3. The summed E-state index contributed by atoms with van der Waals surface area (Å²) in [5, 5.41) is 20.8. The van der Waals surface area contributed by atoms with E-state index in [1.165, 1.54) is 6.92 Å². The zero-order valence-corrected chi connectivity index (χ0v) is 57.0. The molecule has 3 atom stereocenters. The smallest absolute Gasteiger partial charge is 1.00 e. The van der Waals surface area contributed by atoms with Crippen molar-refractivity contribution >= 4 is 110 Å². The quantitative estimate of drug-likeness (QED) is 0.0302. The number of carboxylic acids is 1. The van der Waals surface area contributed by atoms with Gasteiger partial charge in [-0.25, -0.2) is 38.4 Å². The van der Waals surface area contributed by atoms with Crippen molar-refractivity contribution in [3.05, 3.63) is 0 Å². The average Bonchev–Trinajstić information content (AvgIpc) is 3.22. The molecule has 0 bridgehead atoms. The van der Waals surface area contributed by atoms with Crippen LogP contribution in [-0.4, -0.2) is 199 Å².